The zero-order valence-electron chi connectivity index (χ0n) is 9.79. The van der Waals surface area contributed by atoms with E-state index in [0.717, 1.165) is 0 Å². The first kappa shape index (κ1) is 14.4. The van der Waals surface area contributed by atoms with Crippen molar-refractivity contribution in [2.24, 2.45) is 5.41 Å². The molecule has 6 heteroatoms. The van der Waals surface area contributed by atoms with Crippen molar-refractivity contribution in [3.8, 4) is 0 Å². The molecule has 0 bridgehead atoms. The van der Waals surface area contributed by atoms with Crippen LogP contribution in [0.5, 0.6) is 0 Å². The number of carbonyl (C=O) groups is 3. The van der Waals surface area contributed by atoms with Crippen LogP contribution in [-0.4, -0.2) is 29.6 Å². The van der Waals surface area contributed by atoms with Crippen molar-refractivity contribution in [3.63, 3.8) is 0 Å². The van der Waals surface area contributed by atoms with Gasteiger partial charge >= 0.3 is 12.0 Å². The molecule has 0 aromatic carbocycles. The number of rotatable bonds is 4. The molecule has 0 aliphatic heterocycles. The lowest BCUT2D eigenvalue weighted by atomic mass is 9.97. The van der Waals surface area contributed by atoms with Crippen molar-refractivity contribution in [3.05, 3.63) is 0 Å². The van der Waals surface area contributed by atoms with Gasteiger partial charge in [0.15, 0.2) is 0 Å². The molecule has 0 unspecified atom stereocenters. The summed E-state index contributed by atoms with van der Waals surface area (Å²) in [7, 11) is 0. The second kappa shape index (κ2) is 6.09. The highest BCUT2D eigenvalue weighted by Gasteiger charge is 2.13. The van der Waals surface area contributed by atoms with Gasteiger partial charge in [-0.1, -0.05) is 20.8 Å². The Balaban J connectivity index is 3.79. The van der Waals surface area contributed by atoms with E-state index in [1.54, 1.807) is 0 Å². The maximum Gasteiger partial charge on any atom is 0.321 e. The highest BCUT2D eigenvalue weighted by molar-refractivity contribution is 5.95. The number of hydrogen-bond acceptors (Lipinski definition) is 3. The Morgan fingerprint density at radius 3 is 2.12 bits per heavy atom. The molecule has 0 spiro atoms. The normalized spacial score (nSPS) is 10.7. The maximum atomic E-state index is 11.2. The van der Waals surface area contributed by atoms with Crippen molar-refractivity contribution >= 4 is 17.9 Å². The van der Waals surface area contributed by atoms with Gasteiger partial charge in [0.1, 0.15) is 0 Å². The lowest BCUT2D eigenvalue weighted by Gasteiger charge is -2.18. The molecular weight excluding hydrogens is 212 g/mol. The summed E-state index contributed by atoms with van der Waals surface area (Å²) in [6, 6.07) is -0.592. The first-order chi connectivity index (χ1) is 7.20. The van der Waals surface area contributed by atoms with Crippen LogP contribution in [0.2, 0.25) is 0 Å². The third kappa shape index (κ3) is 8.98. The van der Waals surface area contributed by atoms with E-state index in [1.165, 1.54) is 0 Å². The first-order valence-corrected chi connectivity index (χ1v) is 5.00. The van der Waals surface area contributed by atoms with Crippen LogP contribution in [0.1, 0.15) is 33.6 Å². The number of imide groups is 1. The van der Waals surface area contributed by atoms with E-state index in [4.69, 9.17) is 5.11 Å². The standard InChI is InChI=1S/C10H18N2O4/c1-10(2,3)6-11-9(16)12-7(13)4-5-8(14)15/h4-6H2,1-3H3,(H,14,15)(H2,11,12,13,16). The third-order valence-corrected chi connectivity index (χ3v) is 1.60. The van der Waals surface area contributed by atoms with Gasteiger partial charge in [-0.3, -0.25) is 14.9 Å². The largest absolute Gasteiger partial charge is 0.481 e. The summed E-state index contributed by atoms with van der Waals surface area (Å²) < 4.78 is 0. The molecule has 0 aliphatic rings. The Kier molecular flexibility index (Phi) is 5.49. The van der Waals surface area contributed by atoms with Crippen LogP contribution in [0.4, 0.5) is 4.79 Å². The van der Waals surface area contributed by atoms with Crippen molar-refractivity contribution < 1.29 is 19.5 Å². The van der Waals surface area contributed by atoms with Gasteiger partial charge in [0.25, 0.3) is 0 Å². The fraction of sp³-hybridized carbons (Fsp3) is 0.700. The second-order valence-corrected chi connectivity index (χ2v) is 4.69. The van der Waals surface area contributed by atoms with Crippen LogP contribution in [0, 0.1) is 5.41 Å². The summed E-state index contributed by atoms with van der Waals surface area (Å²) in [6.07, 6.45) is -0.476. The second-order valence-electron chi connectivity index (χ2n) is 4.69. The molecule has 92 valence electrons. The molecule has 0 aromatic rings. The Bertz CT molecular complexity index is 281. The number of urea groups is 1. The van der Waals surface area contributed by atoms with Crippen LogP contribution in [0.25, 0.3) is 0 Å². The molecule has 0 radical (unpaired) electrons. The zero-order chi connectivity index (χ0) is 12.8. The Morgan fingerprint density at radius 2 is 1.69 bits per heavy atom. The monoisotopic (exact) mass is 230 g/mol. The third-order valence-electron chi connectivity index (χ3n) is 1.60. The number of amides is 3. The van der Waals surface area contributed by atoms with Gasteiger partial charge in [0.05, 0.1) is 6.42 Å². The van der Waals surface area contributed by atoms with E-state index in [-0.39, 0.29) is 18.3 Å². The number of nitrogens with one attached hydrogen (secondary N) is 2. The minimum atomic E-state index is -1.06. The van der Waals surface area contributed by atoms with Gasteiger partial charge in [-0.15, -0.1) is 0 Å². The van der Waals surface area contributed by atoms with Crippen molar-refractivity contribution in [2.45, 2.75) is 33.6 Å². The fourth-order valence-corrected chi connectivity index (χ4v) is 0.799. The molecule has 3 N–H and O–H groups in total. The van der Waals surface area contributed by atoms with Gasteiger partial charge in [0.2, 0.25) is 5.91 Å². The average molecular weight is 230 g/mol. The lowest BCUT2D eigenvalue weighted by molar-refractivity contribution is -0.138. The summed E-state index contributed by atoms with van der Waals surface area (Å²) in [4.78, 5) is 32.4. The van der Waals surface area contributed by atoms with Crippen LogP contribution in [0.3, 0.4) is 0 Å². The molecule has 0 saturated heterocycles. The Morgan fingerprint density at radius 1 is 1.12 bits per heavy atom. The van der Waals surface area contributed by atoms with Crippen molar-refractivity contribution in [1.82, 2.24) is 10.6 Å². The molecule has 0 saturated carbocycles. The summed E-state index contributed by atoms with van der Waals surface area (Å²) in [5.41, 5.74) is -0.0680. The van der Waals surface area contributed by atoms with Gasteiger partial charge < -0.3 is 10.4 Å². The smallest absolute Gasteiger partial charge is 0.321 e. The number of carboxylic acid groups (broad SMARTS) is 1. The highest BCUT2D eigenvalue weighted by Crippen LogP contribution is 2.09. The molecule has 0 fully saturated rings. The molecule has 0 aromatic heterocycles. The molecule has 6 nitrogen and oxygen atoms in total. The molecule has 16 heavy (non-hydrogen) atoms. The minimum absolute atomic E-state index is 0.0680. The van der Waals surface area contributed by atoms with E-state index in [0.29, 0.717) is 6.54 Å². The highest BCUT2D eigenvalue weighted by atomic mass is 16.4. The molecular formula is C10H18N2O4. The summed E-state index contributed by atoms with van der Waals surface area (Å²) in [5, 5.41) is 12.9. The van der Waals surface area contributed by atoms with Crippen LogP contribution in [0.15, 0.2) is 0 Å². The van der Waals surface area contributed by atoms with E-state index in [9.17, 15) is 14.4 Å². The van der Waals surface area contributed by atoms with Crippen molar-refractivity contribution in [1.29, 1.82) is 0 Å². The van der Waals surface area contributed by atoms with Crippen LogP contribution < -0.4 is 10.6 Å². The van der Waals surface area contributed by atoms with Crippen LogP contribution >= 0.6 is 0 Å². The van der Waals surface area contributed by atoms with Crippen molar-refractivity contribution in [2.75, 3.05) is 6.54 Å². The zero-order valence-corrected chi connectivity index (χ0v) is 9.79. The van der Waals surface area contributed by atoms with E-state index >= 15 is 0 Å². The lowest BCUT2D eigenvalue weighted by Crippen LogP contribution is -2.42. The van der Waals surface area contributed by atoms with E-state index < -0.39 is 17.9 Å². The minimum Gasteiger partial charge on any atom is -0.481 e. The molecule has 0 aliphatic carbocycles. The predicted octanol–water partition coefficient (Wildman–Crippen LogP) is 0.723. The van der Waals surface area contributed by atoms with E-state index in [1.807, 2.05) is 20.8 Å². The number of carboxylic acids is 1. The average Bonchev–Trinajstić information content (AvgIpc) is 2.10. The molecule has 0 atom stereocenters. The molecule has 3 amide bonds. The SMILES string of the molecule is CC(C)(C)CNC(=O)NC(=O)CCC(=O)O. The topological polar surface area (TPSA) is 95.5 Å². The Labute approximate surface area is 94.4 Å². The fourth-order valence-electron chi connectivity index (χ4n) is 0.799. The number of hydrogen-bond donors (Lipinski definition) is 3. The summed E-state index contributed by atoms with van der Waals surface area (Å²) in [5.74, 6) is -1.65. The predicted molar refractivity (Wildman–Crippen MR) is 57.9 cm³/mol. The van der Waals surface area contributed by atoms with E-state index in [2.05, 4.69) is 10.6 Å². The van der Waals surface area contributed by atoms with Gasteiger partial charge in [-0.05, 0) is 5.41 Å². The summed E-state index contributed by atoms with van der Waals surface area (Å²) in [6.45, 7) is 6.27. The maximum absolute atomic E-state index is 11.2. The number of aliphatic carboxylic acids is 1. The van der Waals surface area contributed by atoms with Gasteiger partial charge in [-0.25, -0.2) is 4.79 Å². The molecule has 0 rings (SSSR count). The first-order valence-electron chi connectivity index (χ1n) is 5.00. The van der Waals surface area contributed by atoms with Gasteiger partial charge in [-0.2, -0.15) is 0 Å². The number of carbonyl (C=O) groups excluding carboxylic acids is 2. The van der Waals surface area contributed by atoms with Crippen LogP contribution in [-0.2, 0) is 9.59 Å². The van der Waals surface area contributed by atoms with Gasteiger partial charge in [0, 0.05) is 13.0 Å². The quantitative estimate of drug-likeness (QED) is 0.663. The Hall–Kier alpha value is -1.59. The summed E-state index contributed by atoms with van der Waals surface area (Å²) >= 11 is 0. The molecule has 0 heterocycles.